The van der Waals surface area contributed by atoms with Gasteiger partial charge in [0, 0.05) is 12.1 Å². The van der Waals surface area contributed by atoms with Crippen molar-refractivity contribution in [2.24, 2.45) is 0 Å². The zero-order chi connectivity index (χ0) is 18.6. The van der Waals surface area contributed by atoms with Gasteiger partial charge in [0.1, 0.15) is 5.82 Å². The maximum absolute atomic E-state index is 12.2. The monoisotopic (exact) mass is 383 g/mol. The standard InChI is InChI=1S/C17H19Cl2N3O3/c1-10(2)22-15(6-7-20-22)21-17(24)11(3)25-16(23)9-12-4-5-13(18)14(19)8-12/h4-8,10-11H,9H2,1-3H3,(H,21,24)/t11-/m1/s1. The van der Waals surface area contributed by atoms with Crippen LogP contribution in [-0.2, 0) is 20.7 Å². The molecule has 2 aromatic rings. The normalized spacial score (nSPS) is 12.1. The van der Waals surface area contributed by atoms with Crippen LogP contribution in [0, 0.1) is 0 Å². The molecular weight excluding hydrogens is 365 g/mol. The van der Waals surface area contributed by atoms with Gasteiger partial charge in [-0.1, -0.05) is 29.3 Å². The van der Waals surface area contributed by atoms with Crippen LogP contribution in [0.2, 0.25) is 10.0 Å². The highest BCUT2D eigenvalue weighted by Gasteiger charge is 2.20. The van der Waals surface area contributed by atoms with Crippen molar-refractivity contribution in [1.29, 1.82) is 0 Å². The number of rotatable bonds is 6. The fourth-order valence-electron chi connectivity index (χ4n) is 2.16. The Bertz CT molecular complexity index is 774. The first kappa shape index (κ1) is 19.3. The molecule has 6 nitrogen and oxygen atoms in total. The summed E-state index contributed by atoms with van der Waals surface area (Å²) in [5.74, 6) is -0.407. The predicted molar refractivity (Wildman–Crippen MR) is 97.0 cm³/mol. The number of nitrogens with zero attached hydrogens (tertiary/aromatic N) is 2. The highest BCUT2D eigenvalue weighted by molar-refractivity contribution is 6.42. The van der Waals surface area contributed by atoms with Gasteiger partial charge >= 0.3 is 5.97 Å². The van der Waals surface area contributed by atoms with Gasteiger partial charge < -0.3 is 10.1 Å². The number of halogens is 2. The summed E-state index contributed by atoms with van der Waals surface area (Å²) in [6, 6.07) is 6.66. The van der Waals surface area contributed by atoms with E-state index in [4.69, 9.17) is 27.9 Å². The first-order valence-corrected chi connectivity index (χ1v) is 8.51. The van der Waals surface area contributed by atoms with E-state index >= 15 is 0 Å². The Morgan fingerprint density at radius 3 is 2.56 bits per heavy atom. The van der Waals surface area contributed by atoms with E-state index in [1.54, 1.807) is 35.1 Å². The molecule has 0 aliphatic carbocycles. The number of amides is 1. The minimum Gasteiger partial charge on any atom is -0.452 e. The molecule has 0 aliphatic heterocycles. The van der Waals surface area contributed by atoms with Crippen LogP contribution < -0.4 is 5.32 Å². The Balaban J connectivity index is 1.92. The van der Waals surface area contributed by atoms with Gasteiger partial charge in [-0.3, -0.25) is 9.59 Å². The average molecular weight is 384 g/mol. The van der Waals surface area contributed by atoms with Crippen molar-refractivity contribution in [3.05, 3.63) is 46.1 Å². The lowest BCUT2D eigenvalue weighted by atomic mass is 10.1. The van der Waals surface area contributed by atoms with E-state index in [2.05, 4.69) is 10.4 Å². The summed E-state index contributed by atoms with van der Waals surface area (Å²) in [6.07, 6.45) is 0.653. The van der Waals surface area contributed by atoms with E-state index in [0.717, 1.165) is 0 Å². The van der Waals surface area contributed by atoms with Crippen molar-refractivity contribution in [2.75, 3.05) is 5.32 Å². The van der Waals surface area contributed by atoms with E-state index in [0.29, 0.717) is 21.4 Å². The number of anilines is 1. The first-order valence-electron chi connectivity index (χ1n) is 7.75. The molecule has 1 aromatic heterocycles. The molecule has 1 N–H and O–H groups in total. The minimum absolute atomic E-state index is 0.00155. The molecule has 1 heterocycles. The molecule has 0 saturated carbocycles. The Kier molecular flexibility index (Phi) is 6.45. The quantitative estimate of drug-likeness (QED) is 0.767. The Morgan fingerprint density at radius 1 is 1.20 bits per heavy atom. The summed E-state index contributed by atoms with van der Waals surface area (Å²) in [5.41, 5.74) is 0.657. The molecule has 0 spiro atoms. The number of ether oxygens (including phenoxy) is 1. The number of carbonyl (C=O) groups is 2. The maximum Gasteiger partial charge on any atom is 0.311 e. The van der Waals surface area contributed by atoms with Crippen LogP contribution in [0.15, 0.2) is 30.5 Å². The lowest BCUT2D eigenvalue weighted by Gasteiger charge is -2.15. The van der Waals surface area contributed by atoms with Crippen LogP contribution in [-0.4, -0.2) is 27.8 Å². The summed E-state index contributed by atoms with van der Waals surface area (Å²) in [7, 11) is 0. The van der Waals surface area contributed by atoms with Crippen LogP contribution >= 0.6 is 23.2 Å². The van der Waals surface area contributed by atoms with Crippen LogP contribution in [0.25, 0.3) is 0 Å². The van der Waals surface area contributed by atoms with Crippen LogP contribution in [0.4, 0.5) is 5.82 Å². The molecule has 1 atom stereocenters. The van der Waals surface area contributed by atoms with E-state index in [-0.39, 0.29) is 12.5 Å². The third kappa shape index (κ3) is 5.21. The Morgan fingerprint density at radius 2 is 1.92 bits per heavy atom. The molecule has 1 aromatic carbocycles. The second kappa shape index (κ2) is 8.36. The molecule has 25 heavy (non-hydrogen) atoms. The summed E-state index contributed by atoms with van der Waals surface area (Å²) in [5, 5.41) is 7.61. The van der Waals surface area contributed by atoms with E-state index in [1.807, 2.05) is 13.8 Å². The molecule has 0 saturated heterocycles. The van der Waals surface area contributed by atoms with Crippen molar-refractivity contribution in [1.82, 2.24) is 9.78 Å². The SMILES string of the molecule is CC(C)n1nccc1NC(=O)[C@@H](C)OC(=O)Cc1ccc(Cl)c(Cl)c1. The van der Waals surface area contributed by atoms with Crippen molar-refractivity contribution < 1.29 is 14.3 Å². The van der Waals surface area contributed by atoms with E-state index < -0.39 is 18.0 Å². The molecule has 1 amide bonds. The molecule has 0 fully saturated rings. The lowest BCUT2D eigenvalue weighted by Crippen LogP contribution is -2.31. The minimum atomic E-state index is -0.939. The molecule has 0 bridgehead atoms. The molecule has 134 valence electrons. The number of carbonyl (C=O) groups excluding carboxylic acids is 2. The molecule has 0 aliphatic rings. The second-order valence-corrected chi connectivity index (χ2v) is 6.62. The molecular formula is C17H19Cl2N3O3. The number of esters is 1. The molecule has 0 radical (unpaired) electrons. The van der Waals surface area contributed by atoms with Gasteiger partial charge in [0.2, 0.25) is 0 Å². The topological polar surface area (TPSA) is 73.2 Å². The van der Waals surface area contributed by atoms with Crippen molar-refractivity contribution in [3.63, 3.8) is 0 Å². The van der Waals surface area contributed by atoms with Gasteiger partial charge in [-0.2, -0.15) is 5.10 Å². The zero-order valence-corrected chi connectivity index (χ0v) is 15.6. The van der Waals surface area contributed by atoms with E-state index in [1.165, 1.54) is 6.92 Å². The van der Waals surface area contributed by atoms with Gasteiger partial charge in [-0.05, 0) is 38.5 Å². The van der Waals surface area contributed by atoms with Crippen molar-refractivity contribution in [2.45, 2.75) is 39.3 Å². The highest BCUT2D eigenvalue weighted by atomic mass is 35.5. The second-order valence-electron chi connectivity index (χ2n) is 5.80. The summed E-state index contributed by atoms with van der Waals surface area (Å²) in [6.45, 7) is 5.41. The molecule has 2 rings (SSSR count). The highest BCUT2D eigenvalue weighted by Crippen LogP contribution is 2.23. The number of hydrogen-bond donors (Lipinski definition) is 1. The fourth-order valence-corrected chi connectivity index (χ4v) is 2.48. The Labute approximate surface area is 156 Å². The van der Waals surface area contributed by atoms with Crippen molar-refractivity contribution >= 4 is 40.9 Å². The summed E-state index contributed by atoms with van der Waals surface area (Å²) < 4.78 is 6.85. The van der Waals surface area contributed by atoms with Gasteiger partial charge in [-0.15, -0.1) is 0 Å². The first-order chi connectivity index (χ1) is 11.8. The number of benzene rings is 1. The van der Waals surface area contributed by atoms with Crippen molar-refractivity contribution in [3.8, 4) is 0 Å². The third-order valence-corrected chi connectivity index (χ3v) is 4.16. The van der Waals surface area contributed by atoms with Gasteiger partial charge in [0.05, 0.1) is 22.7 Å². The van der Waals surface area contributed by atoms with Gasteiger partial charge in [0.25, 0.3) is 5.91 Å². The summed E-state index contributed by atoms with van der Waals surface area (Å²) >= 11 is 11.8. The van der Waals surface area contributed by atoms with Crippen LogP contribution in [0.5, 0.6) is 0 Å². The molecule has 0 unspecified atom stereocenters. The van der Waals surface area contributed by atoms with Crippen LogP contribution in [0.3, 0.4) is 0 Å². The lowest BCUT2D eigenvalue weighted by molar-refractivity contribution is -0.152. The zero-order valence-electron chi connectivity index (χ0n) is 14.1. The van der Waals surface area contributed by atoms with E-state index in [9.17, 15) is 9.59 Å². The summed E-state index contributed by atoms with van der Waals surface area (Å²) in [4.78, 5) is 24.2. The molecule has 8 heteroatoms. The maximum atomic E-state index is 12.2. The smallest absolute Gasteiger partial charge is 0.311 e. The number of aromatic nitrogens is 2. The third-order valence-electron chi connectivity index (χ3n) is 3.42. The van der Waals surface area contributed by atoms with Gasteiger partial charge in [-0.25, -0.2) is 4.68 Å². The van der Waals surface area contributed by atoms with Gasteiger partial charge in [0.15, 0.2) is 6.10 Å². The largest absolute Gasteiger partial charge is 0.452 e. The average Bonchev–Trinajstić information content (AvgIpc) is 2.99. The van der Waals surface area contributed by atoms with Crippen LogP contribution in [0.1, 0.15) is 32.4 Å². The Hall–Kier alpha value is -2.05. The number of nitrogens with one attached hydrogen (secondary N) is 1. The predicted octanol–water partition coefficient (Wildman–Crippen LogP) is 3.88. The fraction of sp³-hybridized carbons (Fsp3) is 0.353. The number of hydrogen-bond acceptors (Lipinski definition) is 4.